The highest BCUT2D eigenvalue weighted by atomic mass is 19.4. The molecule has 2 fully saturated rings. The zero-order valence-corrected chi connectivity index (χ0v) is 25.1. The topological polar surface area (TPSA) is 91.4 Å². The van der Waals surface area contributed by atoms with Gasteiger partial charge in [0.1, 0.15) is 17.3 Å². The van der Waals surface area contributed by atoms with Gasteiger partial charge < -0.3 is 10.1 Å². The van der Waals surface area contributed by atoms with E-state index in [0.29, 0.717) is 62.7 Å². The fraction of sp³-hybridized carbons (Fsp3) is 0.500. The number of nitrogens with zero attached hydrogens (tertiary/aromatic N) is 6. The molecule has 0 atom stereocenters. The van der Waals surface area contributed by atoms with E-state index in [1.165, 1.54) is 0 Å². The number of pyridine rings is 1. The molecule has 2 aliphatic rings. The molecule has 0 spiro atoms. The molecule has 4 rings (SSSR count). The van der Waals surface area contributed by atoms with Gasteiger partial charge in [-0.3, -0.25) is 14.6 Å². The van der Waals surface area contributed by atoms with E-state index in [1.807, 2.05) is 43.8 Å². The van der Waals surface area contributed by atoms with Crippen LogP contribution >= 0.6 is 0 Å². The minimum atomic E-state index is -4.54. The maximum absolute atomic E-state index is 13.4. The number of halogens is 3. The number of aromatic nitrogens is 3. The molecule has 0 unspecified atom stereocenters. The van der Waals surface area contributed by atoms with E-state index in [1.54, 1.807) is 12.3 Å². The molecule has 1 saturated heterocycles. The SMILES string of the molecule is C=N/C(=C(/C=C\C)C(=C)C)c1cnn(C2(CC#N)CN(C3CCC(Oc4cc(CNCC)cc(C(F)(F)F)n4)CC3)C2)c1. The third kappa shape index (κ3) is 7.43. The van der Waals surface area contributed by atoms with Crippen molar-refractivity contribution in [3.05, 3.63) is 71.2 Å². The largest absolute Gasteiger partial charge is 0.474 e. The van der Waals surface area contributed by atoms with Gasteiger partial charge >= 0.3 is 6.18 Å². The van der Waals surface area contributed by atoms with Crippen molar-refractivity contribution in [3.8, 4) is 11.9 Å². The molecule has 1 aliphatic carbocycles. The fourth-order valence-electron chi connectivity index (χ4n) is 5.91. The predicted octanol–water partition coefficient (Wildman–Crippen LogP) is 6.29. The van der Waals surface area contributed by atoms with Gasteiger partial charge in [0.05, 0.1) is 24.4 Å². The first-order valence-electron chi connectivity index (χ1n) is 14.6. The summed E-state index contributed by atoms with van der Waals surface area (Å²) in [5.74, 6) is 0.0179. The van der Waals surface area contributed by atoms with Crippen LogP contribution in [0, 0.1) is 11.3 Å². The zero-order chi connectivity index (χ0) is 31.2. The second kappa shape index (κ2) is 13.7. The Morgan fingerprint density at radius 1 is 1.28 bits per heavy atom. The van der Waals surface area contributed by atoms with Crippen molar-refractivity contribution in [2.24, 2.45) is 4.99 Å². The molecule has 2 aromatic rings. The lowest BCUT2D eigenvalue weighted by atomic mass is 9.82. The highest BCUT2D eigenvalue weighted by Crippen LogP contribution is 2.39. The summed E-state index contributed by atoms with van der Waals surface area (Å²) in [5.41, 5.74) is 2.38. The van der Waals surface area contributed by atoms with E-state index < -0.39 is 17.4 Å². The third-order valence-corrected chi connectivity index (χ3v) is 8.13. The zero-order valence-electron chi connectivity index (χ0n) is 25.1. The molecule has 8 nitrogen and oxygen atoms in total. The predicted molar refractivity (Wildman–Crippen MR) is 161 cm³/mol. The molecule has 0 radical (unpaired) electrons. The number of hydrogen-bond donors (Lipinski definition) is 1. The first-order chi connectivity index (χ1) is 20.5. The summed E-state index contributed by atoms with van der Waals surface area (Å²) in [5, 5.41) is 17.4. The second-order valence-corrected chi connectivity index (χ2v) is 11.4. The Labute approximate surface area is 251 Å². The monoisotopic (exact) mass is 595 g/mol. The van der Waals surface area contributed by atoms with Crippen molar-refractivity contribution in [3.63, 3.8) is 0 Å². The molecule has 0 bridgehead atoms. The van der Waals surface area contributed by atoms with Crippen LogP contribution in [0.5, 0.6) is 5.88 Å². The number of allylic oxidation sites excluding steroid dienone is 4. The van der Waals surface area contributed by atoms with E-state index >= 15 is 0 Å². The number of ether oxygens (including phenoxy) is 1. The van der Waals surface area contributed by atoms with Gasteiger partial charge in [-0.1, -0.05) is 25.7 Å². The number of alkyl halides is 3. The lowest BCUT2D eigenvalue weighted by Gasteiger charge is -2.53. The van der Waals surface area contributed by atoms with Crippen LogP contribution in [-0.2, 0) is 18.3 Å². The van der Waals surface area contributed by atoms with Crippen molar-refractivity contribution in [1.29, 1.82) is 5.26 Å². The fourth-order valence-corrected chi connectivity index (χ4v) is 5.91. The molecule has 1 aliphatic heterocycles. The van der Waals surface area contributed by atoms with Crippen LogP contribution in [0.3, 0.4) is 0 Å². The lowest BCUT2D eigenvalue weighted by Crippen LogP contribution is -2.65. The van der Waals surface area contributed by atoms with Crippen molar-refractivity contribution in [2.45, 2.75) is 83.3 Å². The van der Waals surface area contributed by atoms with E-state index in [0.717, 1.165) is 35.6 Å². The van der Waals surface area contributed by atoms with Gasteiger partial charge in [0.25, 0.3) is 0 Å². The van der Waals surface area contributed by atoms with Crippen molar-refractivity contribution in [2.75, 3.05) is 19.6 Å². The summed E-state index contributed by atoms with van der Waals surface area (Å²) in [6.45, 7) is 15.9. The van der Waals surface area contributed by atoms with Crippen LogP contribution < -0.4 is 10.1 Å². The van der Waals surface area contributed by atoms with Crippen molar-refractivity contribution < 1.29 is 17.9 Å². The number of hydrogen-bond acceptors (Lipinski definition) is 7. The van der Waals surface area contributed by atoms with Gasteiger partial charge in [0.15, 0.2) is 0 Å². The minimum Gasteiger partial charge on any atom is -0.474 e. The van der Waals surface area contributed by atoms with Gasteiger partial charge in [-0.25, -0.2) is 4.98 Å². The maximum Gasteiger partial charge on any atom is 0.433 e. The van der Waals surface area contributed by atoms with Crippen molar-refractivity contribution >= 4 is 12.4 Å². The summed E-state index contributed by atoms with van der Waals surface area (Å²) >= 11 is 0. The Balaban J connectivity index is 1.40. The van der Waals surface area contributed by atoms with Gasteiger partial charge in [0.2, 0.25) is 5.88 Å². The molecular weight excluding hydrogens is 555 g/mol. The van der Waals surface area contributed by atoms with Gasteiger partial charge in [-0.2, -0.15) is 23.5 Å². The molecule has 1 saturated carbocycles. The summed E-state index contributed by atoms with van der Waals surface area (Å²) in [7, 11) is 0. The third-order valence-electron chi connectivity index (χ3n) is 8.13. The molecule has 11 heteroatoms. The molecule has 1 N–H and O–H groups in total. The number of aliphatic imine (C=N–C) groups is 1. The minimum absolute atomic E-state index is 0.0179. The van der Waals surface area contributed by atoms with Crippen LogP contribution in [0.25, 0.3) is 5.70 Å². The Bertz CT molecular complexity index is 1400. The van der Waals surface area contributed by atoms with Crippen LogP contribution in [0.15, 0.2) is 59.4 Å². The number of nitrogens with one attached hydrogen (secondary N) is 1. The van der Waals surface area contributed by atoms with E-state index in [2.05, 4.69) is 44.7 Å². The molecule has 230 valence electrons. The standard InChI is InChI=1S/C32H40F3N7O/c1-6-8-27(22(3)4)30(37-5)24-18-39-42(19-24)31(13-14-36)20-41(21-31)25-9-11-26(12-10-25)43-29-16-23(17-38-7-2)15-28(40-29)32(33,34)35/h6,8,15-16,18-19,25-26,38H,3,5,7,9-13,17,20-21H2,1-2,4H3/b8-6-,30-27-. The van der Waals surface area contributed by atoms with Gasteiger partial charge in [-0.15, -0.1) is 0 Å². The van der Waals surface area contributed by atoms with Gasteiger partial charge in [-0.05, 0) is 70.0 Å². The number of likely N-dealkylation sites (tertiary alicyclic amines) is 1. The van der Waals surface area contributed by atoms with Gasteiger partial charge in [0, 0.05) is 49.1 Å². The highest BCUT2D eigenvalue weighted by Gasteiger charge is 2.48. The van der Waals surface area contributed by atoms with Crippen molar-refractivity contribution in [1.82, 2.24) is 25.0 Å². The molecule has 0 aromatic carbocycles. The Kier molecular flexibility index (Phi) is 10.2. The molecule has 43 heavy (non-hydrogen) atoms. The van der Waals surface area contributed by atoms with E-state index in [4.69, 9.17) is 4.74 Å². The van der Waals surface area contributed by atoms with Crippen LogP contribution in [0.1, 0.15) is 69.7 Å². The Morgan fingerprint density at radius 2 is 2.00 bits per heavy atom. The summed E-state index contributed by atoms with van der Waals surface area (Å²) < 4.78 is 48.2. The highest BCUT2D eigenvalue weighted by molar-refractivity contribution is 5.75. The number of nitriles is 1. The Hall–Kier alpha value is -3.75. The molecular formula is C32H40F3N7O. The average molecular weight is 596 g/mol. The normalized spacial score (nSPS) is 21.1. The summed E-state index contributed by atoms with van der Waals surface area (Å²) in [4.78, 5) is 10.4. The van der Waals surface area contributed by atoms with Crippen LogP contribution in [0.2, 0.25) is 0 Å². The molecule has 3 heterocycles. The molecule has 0 amide bonds. The lowest BCUT2D eigenvalue weighted by molar-refractivity contribution is -0.141. The van der Waals surface area contributed by atoms with E-state index in [9.17, 15) is 18.4 Å². The maximum atomic E-state index is 13.4. The van der Waals surface area contributed by atoms with Crippen LogP contribution in [-0.4, -0.2) is 58.2 Å². The average Bonchev–Trinajstić information content (AvgIpc) is 3.44. The summed E-state index contributed by atoms with van der Waals surface area (Å²) in [6.07, 6.45) is 6.27. The number of rotatable bonds is 12. The first-order valence-corrected chi connectivity index (χ1v) is 14.6. The Morgan fingerprint density at radius 3 is 2.58 bits per heavy atom. The summed E-state index contributed by atoms with van der Waals surface area (Å²) in [6, 6.07) is 5.30. The smallest absolute Gasteiger partial charge is 0.433 e. The quantitative estimate of drug-likeness (QED) is 0.229. The first kappa shape index (κ1) is 32.2. The van der Waals surface area contributed by atoms with E-state index in [-0.39, 0.29) is 12.0 Å². The second-order valence-electron chi connectivity index (χ2n) is 11.4. The van der Waals surface area contributed by atoms with Crippen LogP contribution in [0.4, 0.5) is 13.2 Å². The molecule has 2 aromatic heterocycles.